The maximum absolute atomic E-state index is 12.3. The summed E-state index contributed by atoms with van der Waals surface area (Å²) in [6, 6.07) is 7.18. The zero-order valence-electron chi connectivity index (χ0n) is 15.9. The van der Waals surface area contributed by atoms with E-state index in [2.05, 4.69) is 15.6 Å². The molecule has 0 fully saturated rings. The van der Waals surface area contributed by atoms with E-state index in [0.29, 0.717) is 42.1 Å². The summed E-state index contributed by atoms with van der Waals surface area (Å²) in [6.07, 6.45) is 4.37. The average Bonchev–Trinajstić information content (AvgIpc) is 2.71. The molecule has 0 saturated carbocycles. The van der Waals surface area contributed by atoms with Crippen molar-refractivity contribution in [3.8, 4) is 11.5 Å². The van der Waals surface area contributed by atoms with Crippen LogP contribution in [0.5, 0.6) is 11.5 Å². The van der Waals surface area contributed by atoms with Crippen LogP contribution in [0.15, 0.2) is 36.7 Å². The van der Waals surface area contributed by atoms with Crippen molar-refractivity contribution in [1.82, 2.24) is 15.6 Å². The van der Waals surface area contributed by atoms with Crippen molar-refractivity contribution >= 4 is 11.8 Å². The highest BCUT2D eigenvalue weighted by Crippen LogP contribution is 2.27. The van der Waals surface area contributed by atoms with Crippen LogP contribution in [0.3, 0.4) is 0 Å². The molecule has 27 heavy (non-hydrogen) atoms. The van der Waals surface area contributed by atoms with E-state index in [0.717, 1.165) is 12.0 Å². The maximum Gasteiger partial charge on any atom is 0.252 e. The van der Waals surface area contributed by atoms with Crippen LogP contribution in [0.1, 0.15) is 39.6 Å². The number of benzene rings is 1. The molecule has 0 aliphatic heterocycles. The highest BCUT2D eigenvalue weighted by molar-refractivity contribution is 5.99. The van der Waals surface area contributed by atoms with E-state index in [1.165, 1.54) is 12.4 Å². The van der Waals surface area contributed by atoms with Gasteiger partial charge in [0.2, 0.25) is 0 Å². The Morgan fingerprint density at radius 1 is 0.926 bits per heavy atom. The Bertz CT molecular complexity index is 793. The normalized spacial score (nSPS) is 10.2. The first kappa shape index (κ1) is 20.2. The second kappa shape index (κ2) is 10.2. The fourth-order valence-electron chi connectivity index (χ4n) is 2.49. The van der Waals surface area contributed by atoms with Gasteiger partial charge in [-0.1, -0.05) is 13.0 Å². The van der Waals surface area contributed by atoms with Crippen LogP contribution >= 0.6 is 0 Å². The minimum absolute atomic E-state index is 0.232. The number of nitrogens with zero attached hydrogens (tertiary/aromatic N) is 1. The number of aromatic nitrogens is 1. The van der Waals surface area contributed by atoms with Crippen LogP contribution in [0.25, 0.3) is 0 Å². The van der Waals surface area contributed by atoms with Crippen molar-refractivity contribution in [3.05, 3.63) is 53.3 Å². The predicted molar refractivity (Wildman–Crippen MR) is 102 cm³/mol. The number of rotatable bonds is 9. The van der Waals surface area contributed by atoms with Gasteiger partial charge in [0.15, 0.2) is 11.5 Å². The molecule has 1 aromatic heterocycles. The third-order valence-corrected chi connectivity index (χ3v) is 3.95. The lowest BCUT2D eigenvalue weighted by Gasteiger charge is -2.10. The zero-order chi connectivity index (χ0) is 19.6. The minimum Gasteiger partial charge on any atom is -0.493 e. The molecule has 7 heteroatoms. The van der Waals surface area contributed by atoms with Gasteiger partial charge < -0.3 is 20.1 Å². The van der Waals surface area contributed by atoms with E-state index in [-0.39, 0.29) is 11.8 Å². The van der Waals surface area contributed by atoms with Gasteiger partial charge in [-0.2, -0.15) is 0 Å². The van der Waals surface area contributed by atoms with Crippen LogP contribution in [0, 0.1) is 0 Å². The Morgan fingerprint density at radius 3 is 2.15 bits per heavy atom. The lowest BCUT2D eigenvalue weighted by Crippen LogP contribution is -2.27. The van der Waals surface area contributed by atoms with Crippen LogP contribution in [0.4, 0.5) is 0 Å². The van der Waals surface area contributed by atoms with Crippen molar-refractivity contribution < 1.29 is 19.1 Å². The summed E-state index contributed by atoms with van der Waals surface area (Å²) in [5, 5.41) is 5.61. The Labute approximate surface area is 159 Å². The molecule has 2 aromatic rings. The molecule has 2 rings (SSSR count). The van der Waals surface area contributed by atoms with Gasteiger partial charge in [-0.15, -0.1) is 0 Å². The molecule has 0 atom stereocenters. The van der Waals surface area contributed by atoms with Crippen molar-refractivity contribution in [2.24, 2.45) is 0 Å². The van der Waals surface area contributed by atoms with E-state index < -0.39 is 0 Å². The number of methoxy groups -OCH3 is 2. The van der Waals surface area contributed by atoms with Crippen LogP contribution in [0.2, 0.25) is 0 Å². The number of nitrogens with one attached hydrogen (secondary N) is 2. The first-order valence-electron chi connectivity index (χ1n) is 8.81. The molecule has 0 radical (unpaired) electrons. The molecule has 0 aliphatic rings. The monoisotopic (exact) mass is 371 g/mol. The van der Waals surface area contributed by atoms with Gasteiger partial charge in [-0.05, 0) is 36.6 Å². The van der Waals surface area contributed by atoms with Gasteiger partial charge in [0.1, 0.15) is 0 Å². The van der Waals surface area contributed by atoms with E-state index >= 15 is 0 Å². The summed E-state index contributed by atoms with van der Waals surface area (Å²) >= 11 is 0. The second-order valence-corrected chi connectivity index (χ2v) is 5.91. The number of hydrogen-bond acceptors (Lipinski definition) is 5. The molecule has 0 unspecified atom stereocenters. The maximum atomic E-state index is 12.3. The number of carbonyl (C=O) groups is 2. The van der Waals surface area contributed by atoms with Gasteiger partial charge in [0.05, 0.1) is 25.3 Å². The Morgan fingerprint density at radius 2 is 1.56 bits per heavy atom. The summed E-state index contributed by atoms with van der Waals surface area (Å²) in [7, 11) is 3.17. The number of amides is 2. The Hall–Kier alpha value is -3.09. The lowest BCUT2D eigenvalue weighted by molar-refractivity contribution is 0.0953. The number of ether oxygens (including phenoxy) is 2. The number of pyridine rings is 1. The first-order valence-corrected chi connectivity index (χ1v) is 8.81. The average molecular weight is 371 g/mol. The Balaban J connectivity index is 1.93. The molecule has 0 spiro atoms. The summed E-state index contributed by atoms with van der Waals surface area (Å²) in [5.41, 5.74) is 1.74. The predicted octanol–water partition coefficient (Wildman–Crippen LogP) is 2.21. The standard InChI is InChI=1S/C20H25N3O4/c1-4-8-22-19(24)15-11-16(13-21-12-15)20(25)23-9-7-14-5-6-17(26-2)18(10-14)27-3/h5-6,10-13H,4,7-9H2,1-3H3,(H,22,24)(H,23,25). The van der Waals surface area contributed by atoms with Crippen LogP contribution in [-0.4, -0.2) is 44.1 Å². The molecule has 144 valence electrons. The molecule has 2 N–H and O–H groups in total. The number of hydrogen-bond donors (Lipinski definition) is 2. The second-order valence-electron chi connectivity index (χ2n) is 5.91. The van der Waals surface area contributed by atoms with E-state index in [9.17, 15) is 9.59 Å². The summed E-state index contributed by atoms with van der Waals surface area (Å²) < 4.78 is 10.5. The fraction of sp³-hybridized carbons (Fsp3) is 0.350. The molecule has 1 heterocycles. The molecule has 1 aromatic carbocycles. The smallest absolute Gasteiger partial charge is 0.252 e. The highest BCUT2D eigenvalue weighted by Gasteiger charge is 2.11. The SMILES string of the molecule is CCCNC(=O)c1cncc(C(=O)NCCc2ccc(OC)c(OC)c2)c1. The fourth-order valence-corrected chi connectivity index (χ4v) is 2.49. The molecule has 0 bridgehead atoms. The minimum atomic E-state index is -0.270. The molecular weight excluding hydrogens is 346 g/mol. The van der Waals surface area contributed by atoms with Crippen molar-refractivity contribution in [2.45, 2.75) is 19.8 Å². The molecule has 7 nitrogen and oxygen atoms in total. The molecule has 2 amide bonds. The van der Waals surface area contributed by atoms with E-state index in [1.807, 2.05) is 25.1 Å². The lowest BCUT2D eigenvalue weighted by atomic mass is 10.1. The van der Waals surface area contributed by atoms with Gasteiger partial charge in [0, 0.05) is 25.5 Å². The summed E-state index contributed by atoms with van der Waals surface area (Å²) in [6.45, 7) is 3.00. The Kier molecular flexibility index (Phi) is 7.61. The topological polar surface area (TPSA) is 89.6 Å². The molecule has 0 aliphatic carbocycles. The number of carbonyl (C=O) groups excluding carboxylic acids is 2. The highest BCUT2D eigenvalue weighted by atomic mass is 16.5. The summed E-state index contributed by atoms with van der Waals surface area (Å²) in [5.74, 6) is 0.809. The van der Waals surface area contributed by atoms with E-state index in [1.54, 1.807) is 20.3 Å². The molecule has 0 saturated heterocycles. The summed E-state index contributed by atoms with van der Waals surface area (Å²) in [4.78, 5) is 28.3. The third kappa shape index (κ3) is 5.70. The van der Waals surface area contributed by atoms with E-state index in [4.69, 9.17) is 9.47 Å². The largest absolute Gasteiger partial charge is 0.493 e. The van der Waals surface area contributed by atoms with Crippen molar-refractivity contribution in [2.75, 3.05) is 27.3 Å². The van der Waals surface area contributed by atoms with Crippen LogP contribution < -0.4 is 20.1 Å². The van der Waals surface area contributed by atoms with Gasteiger partial charge in [-0.3, -0.25) is 14.6 Å². The van der Waals surface area contributed by atoms with Crippen molar-refractivity contribution in [1.29, 1.82) is 0 Å². The van der Waals surface area contributed by atoms with Crippen molar-refractivity contribution in [3.63, 3.8) is 0 Å². The van der Waals surface area contributed by atoms with Gasteiger partial charge >= 0.3 is 0 Å². The molecular formula is C20H25N3O4. The quantitative estimate of drug-likeness (QED) is 0.705. The van der Waals surface area contributed by atoms with Gasteiger partial charge in [-0.25, -0.2) is 0 Å². The first-order chi connectivity index (χ1) is 13.1. The zero-order valence-corrected chi connectivity index (χ0v) is 15.9. The third-order valence-electron chi connectivity index (χ3n) is 3.95. The van der Waals surface area contributed by atoms with Gasteiger partial charge in [0.25, 0.3) is 11.8 Å². The van der Waals surface area contributed by atoms with Crippen LogP contribution in [-0.2, 0) is 6.42 Å².